The van der Waals surface area contributed by atoms with E-state index in [1.165, 1.54) is 0 Å². The standard InChI is InChI=1S/C15H14FNO4S/c1-10(11-5-3-2-4-6-11)21-15(18)13-9-12(22(17,19)20)7-8-14(13)16/h2-10H,1H3,(H2,17,19,20)/t10-/m1/s1. The SMILES string of the molecule is C[C@@H](OC(=O)c1cc(S(N)(=O)=O)ccc1F)c1ccccc1. The van der Waals surface area contributed by atoms with Crippen LogP contribution in [-0.2, 0) is 14.8 Å². The predicted octanol–water partition coefficient (Wildman–Crippen LogP) is 2.39. The minimum atomic E-state index is -4.03. The predicted molar refractivity (Wildman–Crippen MR) is 78.0 cm³/mol. The Kier molecular flexibility index (Phi) is 4.58. The van der Waals surface area contributed by atoms with Crippen LogP contribution in [0.1, 0.15) is 28.9 Å². The zero-order valence-electron chi connectivity index (χ0n) is 11.7. The summed E-state index contributed by atoms with van der Waals surface area (Å²) in [6.07, 6.45) is -0.605. The number of ether oxygens (including phenoxy) is 1. The van der Waals surface area contributed by atoms with E-state index < -0.39 is 33.5 Å². The van der Waals surface area contributed by atoms with Gasteiger partial charge in [-0.3, -0.25) is 0 Å². The number of esters is 1. The van der Waals surface area contributed by atoms with Crippen molar-refractivity contribution in [3.63, 3.8) is 0 Å². The number of sulfonamides is 1. The monoisotopic (exact) mass is 323 g/mol. The van der Waals surface area contributed by atoms with Crippen LogP contribution in [0.5, 0.6) is 0 Å². The summed E-state index contributed by atoms with van der Waals surface area (Å²) in [5, 5.41) is 4.97. The maximum Gasteiger partial charge on any atom is 0.341 e. The molecule has 7 heteroatoms. The van der Waals surface area contributed by atoms with Crippen LogP contribution in [0, 0.1) is 5.82 Å². The number of carbonyl (C=O) groups excluding carboxylic acids is 1. The minimum Gasteiger partial charge on any atom is -0.454 e. The average molecular weight is 323 g/mol. The molecule has 22 heavy (non-hydrogen) atoms. The summed E-state index contributed by atoms with van der Waals surface area (Å²) in [7, 11) is -4.03. The molecule has 2 N–H and O–H groups in total. The van der Waals surface area contributed by atoms with Gasteiger partial charge in [0.2, 0.25) is 10.0 Å². The maximum absolute atomic E-state index is 13.7. The Morgan fingerprint density at radius 3 is 2.41 bits per heavy atom. The Balaban J connectivity index is 2.26. The molecular weight excluding hydrogens is 309 g/mol. The van der Waals surface area contributed by atoms with E-state index >= 15 is 0 Å². The molecule has 2 aromatic carbocycles. The molecule has 2 rings (SSSR count). The van der Waals surface area contributed by atoms with Crippen LogP contribution in [-0.4, -0.2) is 14.4 Å². The van der Waals surface area contributed by atoms with Crippen LogP contribution in [0.25, 0.3) is 0 Å². The fourth-order valence-corrected chi connectivity index (χ4v) is 2.39. The van der Waals surface area contributed by atoms with Crippen molar-refractivity contribution in [3.8, 4) is 0 Å². The van der Waals surface area contributed by atoms with Gasteiger partial charge in [-0.25, -0.2) is 22.7 Å². The van der Waals surface area contributed by atoms with Gasteiger partial charge in [0.1, 0.15) is 11.9 Å². The van der Waals surface area contributed by atoms with Gasteiger partial charge in [-0.1, -0.05) is 30.3 Å². The third kappa shape index (κ3) is 3.69. The minimum absolute atomic E-state index is 0.354. The normalized spacial score (nSPS) is 12.7. The van der Waals surface area contributed by atoms with Gasteiger partial charge in [0.25, 0.3) is 0 Å². The van der Waals surface area contributed by atoms with Gasteiger partial charge in [0, 0.05) is 0 Å². The zero-order chi connectivity index (χ0) is 16.3. The molecule has 0 heterocycles. The molecule has 0 radical (unpaired) electrons. The van der Waals surface area contributed by atoms with Crippen molar-refractivity contribution < 1.29 is 22.3 Å². The van der Waals surface area contributed by atoms with E-state index in [-0.39, 0.29) is 4.90 Å². The van der Waals surface area contributed by atoms with Gasteiger partial charge in [-0.05, 0) is 30.7 Å². The lowest BCUT2D eigenvalue weighted by Crippen LogP contribution is -2.15. The van der Waals surface area contributed by atoms with Crippen LogP contribution in [0.15, 0.2) is 53.4 Å². The van der Waals surface area contributed by atoms with Crippen LogP contribution >= 0.6 is 0 Å². The van der Waals surface area contributed by atoms with Crippen LogP contribution in [0.4, 0.5) is 4.39 Å². The van der Waals surface area contributed by atoms with Crippen molar-refractivity contribution in [2.24, 2.45) is 5.14 Å². The molecule has 0 aromatic heterocycles. The second-order valence-electron chi connectivity index (χ2n) is 4.64. The Bertz CT molecular complexity index is 790. The fourth-order valence-electron chi connectivity index (χ4n) is 1.85. The van der Waals surface area contributed by atoms with Gasteiger partial charge in [-0.15, -0.1) is 0 Å². The highest BCUT2D eigenvalue weighted by Crippen LogP contribution is 2.21. The lowest BCUT2D eigenvalue weighted by Gasteiger charge is -2.14. The number of hydrogen-bond donors (Lipinski definition) is 1. The summed E-state index contributed by atoms with van der Waals surface area (Å²) >= 11 is 0. The van der Waals surface area contributed by atoms with E-state index in [1.54, 1.807) is 31.2 Å². The van der Waals surface area contributed by atoms with Crippen LogP contribution in [0.2, 0.25) is 0 Å². The Morgan fingerprint density at radius 2 is 1.82 bits per heavy atom. The first kappa shape index (κ1) is 16.1. The summed E-state index contributed by atoms with van der Waals surface area (Å²) in [6, 6.07) is 11.6. The quantitative estimate of drug-likeness (QED) is 0.875. The van der Waals surface area contributed by atoms with E-state index in [4.69, 9.17) is 9.88 Å². The molecule has 0 aliphatic heterocycles. The topological polar surface area (TPSA) is 86.5 Å². The third-order valence-electron chi connectivity index (χ3n) is 3.04. The number of hydrogen-bond acceptors (Lipinski definition) is 4. The van der Waals surface area contributed by atoms with Crippen LogP contribution < -0.4 is 5.14 Å². The van der Waals surface area contributed by atoms with Crippen molar-refractivity contribution in [1.29, 1.82) is 0 Å². The lowest BCUT2D eigenvalue weighted by atomic mass is 10.1. The second-order valence-corrected chi connectivity index (χ2v) is 6.21. The largest absolute Gasteiger partial charge is 0.454 e. The molecule has 0 aliphatic carbocycles. The van der Waals surface area contributed by atoms with E-state index in [1.807, 2.05) is 6.07 Å². The maximum atomic E-state index is 13.7. The van der Waals surface area contributed by atoms with E-state index in [2.05, 4.69) is 0 Å². The number of rotatable bonds is 4. The molecule has 0 spiro atoms. The highest BCUT2D eigenvalue weighted by molar-refractivity contribution is 7.89. The summed E-state index contributed by atoms with van der Waals surface area (Å²) < 4.78 is 41.4. The molecule has 116 valence electrons. The Morgan fingerprint density at radius 1 is 1.18 bits per heavy atom. The molecule has 0 aliphatic rings. The number of carbonyl (C=O) groups is 1. The first-order valence-electron chi connectivity index (χ1n) is 6.37. The van der Waals surface area contributed by atoms with Gasteiger partial charge in [0.15, 0.2) is 0 Å². The average Bonchev–Trinajstić information content (AvgIpc) is 2.47. The molecule has 5 nitrogen and oxygen atoms in total. The summed E-state index contributed by atoms with van der Waals surface area (Å²) in [6.45, 7) is 1.63. The van der Waals surface area contributed by atoms with E-state index in [9.17, 15) is 17.6 Å². The van der Waals surface area contributed by atoms with Gasteiger partial charge < -0.3 is 4.74 Å². The summed E-state index contributed by atoms with van der Waals surface area (Å²) in [4.78, 5) is 11.7. The van der Waals surface area contributed by atoms with Crippen molar-refractivity contribution >= 4 is 16.0 Å². The fraction of sp³-hybridized carbons (Fsp3) is 0.133. The Labute approximate surface area is 127 Å². The van der Waals surface area contributed by atoms with Crippen molar-refractivity contribution in [1.82, 2.24) is 0 Å². The molecule has 2 aromatic rings. The lowest BCUT2D eigenvalue weighted by molar-refractivity contribution is 0.0332. The molecule has 0 bridgehead atoms. The van der Waals surface area contributed by atoms with Crippen molar-refractivity contribution in [3.05, 3.63) is 65.5 Å². The number of nitrogens with two attached hydrogens (primary N) is 1. The number of benzene rings is 2. The highest BCUT2D eigenvalue weighted by atomic mass is 32.2. The highest BCUT2D eigenvalue weighted by Gasteiger charge is 2.20. The van der Waals surface area contributed by atoms with E-state index in [0.29, 0.717) is 0 Å². The van der Waals surface area contributed by atoms with Gasteiger partial charge in [-0.2, -0.15) is 0 Å². The van der Waals surface area contributed by atoms with Gasteiger partial charge >= 0.3 is 5.97 Å². The molecular formula is C15H14FNO4S. The molecule has 0 saturated carbocycles. The second kappa shape index (κ2) is 6.25. The number of primary sulfonamides is 1. The van der Waals surface area contributed by atoms with Gasteiger partial charge in [0.05, 0.1) is 10.5 Å². The first-order chi connectivity index (χ1) is 10.3. The summed E-state index contributed by atoms with van der Waals surface area (Å²) in [5.74, 6) is -1.84. The third-order valence-corrected chi connectivity index (χ3v) is 3.95. The van der Waals surface area contributed by atoms with Crippen molar-refractivity contribution in [2.75, 3.05) is 0 Å². The molecule has 0 saturated heterocycles. The Hall–Kier alpha value is -2.25. The molecule has 0 amide bonds. The first-order valence-corrected chi connectivity index (χ1v) is 7.92. The smallest absolute Gasteiger partial charge is 0.341 e. The molecule has 0 unspecified atom stereocenters. The zero-order valence-corrected chi connectivity index (χ0v) is 12.5. The molecule has 0 fully saturated rings. The number of halogens is 1. The summed E-state index contributed by atoms with van der Waals surface area (Å²) in [5.41, 5.74) is 0.258. The van der Waals surface area contributed by atoms with Crippen molar-refractivity contribution in [2.45, 2.75) is 17.9 Å². The van der Waals surface area contributed by atoms with Crippen LogP contribution in [0.3, 0.4) is 0 Å². The molecule has 1 atom stereocenters. The van der Waals surface area contributed by atoms with E-state index in [0.717, 1.165) is 23.8 Å².